The van der Waals surface area contributed by atoms with Gasteiger partial charge in [0, 0.05) is 4.47 Å². The number of benzene rings is 2. The lowest BCUT2D eigenvalue weighted by Gasteiger charge is -2.03. The molecule has 20 heavy (non-hydrogen) atoms. The van der Waals surface area contributed by atoms with Crippen LogP contribution in [0.2, 0.25) is 0 Å². The van der Waals surface area contributed by atoms with E-state index in [0.717, 1.165) is 4.47 Å². The third kappa shape index (κ3) is 3.82. The normalized spacial score (nSPS) is 11.7. The van der Waals surface area contributed by atoms with Crippen LogP contribution in [0.5, 0.6) is 5.75 Å². The molecule has 0 fully saturated rings. The Bertz CT molecular complexity index is 710. The molecule has 0 saturated heterocycles. The maximum Gasteiger partial charge on any atom is 0.276 e. The van der Waals surface area contributed by atoms with E-state index in [1.165, 1.54) is 30.5 Å². The summed E-state index contributed by atoms with van der Waals surface area (Å²) in [7, 11) is -3.67. The van der Waals surface area contributed by atoms with Crippen molar-refractivity contribution in [3.05, 3.63) is 58.6 Å². The van der Waals surface area contributed by atoms with Crippen LogP contribution in [0.3, 0.4) is 0 Å². The highest BCUT2D eigenvalue weighted by Crippen LogP contribution is 2.14. The molecule has 104 valence electrons. The molecule has 2 aromatic rings. The van der Waals surface area contributed by atoms with Crippen LogP contribution in [0.4, 0.5) is 0 Å². The van der Waals surface area contributed by atoms with Gasteiger partial charge in [-0.3, -0.25) is 0 Å². The molecule has 0 radical (unpaired) electrons. The number of phenolic OH excluding ortho intramolecular Hbond substituents is 1. The smallest absolute Gasteiger partial charge is 0.276 e. The zero-order chi connectivity index (χ0) is 14.6. The summed E-state index contributed by atoms with van der Waals surface area (Å²) in [6, 6.07) is 12.4. The summed E-state index contributed by atoms with van der Waals surface area (Å²) in [6.45, 7) is 0. The average Bonchev–Trinajstić information content (AvgIpc) is 2.41. The topological polar surface area (TPSA) is 78.8 Å². The van der Waals surface area contributed by atoms with Gasteiger partial charge in [0.2, 0.25) is 0 Å². The second kappa shape index (κ2) is 6.06. The van der Waals surface area contributed by atoms with Crippen LogP contribution in [0.25, 0.3) is 0 Å². The molecule has 0 unspecified atom stereocenters. The van der Waals surface area contributed by atoms with Crippen molar-refractivity contribution in [2.75, 3.05) is 0 Å². The van der Waals surface area contributed by atoms with Crippen molar-refractivity contribution in [2.24, 2.45) is 5.10 Å². The number of hydrogen-bond donors (Lipinski definition) is 2. The average molecular weight is 355 g/mol. The van der Waals surface area contributed by atoms with E-state index in [0.29, 0.717) is 5.56 Å². The fourth-order valence-electron chi connectivity index (χ4n) is 1.40. The van der Waals surface area contributed by atoms with E-state index in [1.54, 1.807) is 24.3 Å². The SMILES string of the molecule is O=S(=O)(N/N=C/c1ccc(O)cc1)c1ccc(Br)cc1. The summed E-state index contributed by atoms with van der Waals surface area (Å²) in [4.78, 5) is 2.25. The standard InChI is InChI=1S/C13H11BrN2O3S/c14-11-3-7-13(8-4-11)20(18,19)16-15-9-10-1-5-12(17)6-2-10/h1-9,16-17H/b15-9+. The van der Waals surface area contributed by atoms with E-state index in [9.17, 15) is 8.42 Å². The summed E-state index contributed by atoms with van der Waals surface area (Å²) in [5, 5.41) is 12.8. The van der Waals surface area contributed by atoms with Gasteiger partial charge in [-0.15, -0.1) is 0 Å². The molecule has 2 N–H and O–H groups in total. The number of nitrogens with zero attached hydrogens (tertiary/aromatic N) is 1. The van der Waals surface area contributed by atoms with Gasteiger partial charge >= 0.3 is 0 Å². The predicted octanol–water partition coefficient (Wildman–Crippen LogP) is 2.47. The third-order valence-electron chi connectivity index (χ3n) is 2.40. The molecule has 0 bridgehead atoms. The van der Waals surface area contributed by atoms with Crippen LogP contribution in [-0.2, 0) is 10.0 Å². The van der Waals surface area contributed by atoms with Crippen LogP contribution in [-0.4, -0.2) is 19.7 Å². The predicted molar refractivity (Wildman–Crippen MR) is 80.2 cm³/mol. The maximum atomic E-state index is 11.9. The number of halogens is 1. The Morgan fingerprint density at radius 3 is 2.25 bits per heavy atom. The molecule has 0 atom stereocenters. The largest absolute Gasteiger partial charge is 0.508 e. The van der Waals surface area contributed by atoms with E-state index >= 15 is 0 Å². The Hall–Kier alpha value is -1.86. The highest BCUT2D eigenvalue weighted by atomic mass is 79.9. The summed E-state index contributed by atoms with van der Waals surface area (Å²) < 4.78 is 24.6. The van der Waals surface area contributed by atoms with Crippen molar-refractivity contribution in [1.29, 1.82) is 0 Å². The van der Waals surface area contributed by atoms with E-state index in [2.05, 4.69) is 25.9 Å². The quantitative estimate of drug-likeness (QED) is 0.653. The zero-order valence-corrected chi connectivity index (χ0v) is 12.6. The Morgan fingerprint density at radius 2 is 1.65 bits per heavy atom. The molecule has 0 spiro atoms. The minimum absolute atomic E-state index is 0.128. The summed E-state index contributed by atoms with van der Waals surface area (Å²) in [5.41, 5.74) is 0.668. The Balaban J connectivity index is 2.09. The molecule has 2 aromatic carbocycles. The van der Waals surface area contributed by atoms with Crippen LogP contribution in [0, 0.1) is 0 Å². The minimum Gasteiger partial charge on any atom is -0.508 e. The minimum atomic E-state index is -3.67. The number of nitrogens with one attached hydrogen (secondary N) is 1. The first kappa shape index (κ1) is 14.5. The summed E-state index contributed by atoms with van der Waals surface area (Å²) >= 11 is 3.24. The van der Waals surface area contributed by atoms with Gasteiger partial charge in [-0.25, -0.2) is 4.83 Å². The maximum absolute atomic E-state index is 11.9. The Labute approximate surface area is 125 Å². The number of aromatic hydroxyl groups is 1. The van der Waals surface area contributed by atoms with E-state index in [-0.39, 0.29) is 10.6 Å². The van der Waals surface area contributed by atoms with Gasteiger partial charge in [-0.2, -0.15) is 13.5 Å². The van der Waals surface area contributed by atoms with E-state index in [4.69, 9.17) is 5.11 Å². The van der Waals surface area contributed by atoms with Crippen molar-refractivity contribution in [1.82, 2.24) is 4.83 Å². The molecule has 0 amide bonds. The van der Waals surface area contributed by atoms with Crippen molar-refractivity contribution < 1.29 is 13.5 Å². The van der Waals surface area contributed by atoms with Crippen LogP contribution in [0.15, 0.2) is 63.0 Å². The molecule has 0 aliphatic heterocycles. The fourth-order valence-corrected chi connectivity index (χ4v) is 2.45. The molecule has 2 rings (SSSR count). The number of rotatable bonds is 4. The van der Waals surface area contributed by atoms with Gasteiger partial charge in [0.25, 0.3) is 10.0 Å². The monoisotopic (exact) mass is 354 g/mol. The van der Waals surface area contributed by atoms with E-state index in [1.807, 2.05) is 0 Å². The van der Waals surface area contributed by atoms with Gasteiger partial charge in [-0.1, -0.05) is 15.9 Å². The Kier molecular flexibility index (Phi) is 4.41. The van der Waals surface area contributed by atoms with Crippen molar-refractivity contribution in [3.63, 3.8) is 0 Å². The molecule has 0 aliphatic rings. The van der Waals surface area contributed by atoms with E-state index < -0.39 is 10.0 Å². The first-order valence-corrected chi connectivity index (χ1v) is 7.84. The van der Waals surface area contributed by atoms with Crippen molar-refractivity contribution in [2.45, 2.75) is 4.90 Å². The lowest BCUT2D eigenvalue weighted by atomic mass is 10.2. The second-order valence-corrected chi connectivity index (χ2v) is 6.47. The number of sulfonamides is 1. The lowest BCUT2D eigenvalue weighted by Crippen LogP contribution is -2.18. The first-order valence-electron chi connectivity index (χ1n) is 5.57. The second-order valence-electron chi connectivity index (χ2n) is 3.90. The van der Waals surface area contributed by atoms with Gasteiger partial charge < -0.3 is 5.11 Å². The van der Waals surface area contributed by atoms with Crippen molar-refractivity contribution >= 4 is 32.2 Å². The first-order chi connectivity index (χ1) is 9.47. The van der Waals surface area contributed by atoms with Crippen molar-refractivity contribution in [3.8, 4) is 5.75 Å². The van der Waals surface area contributed by atoms with Crippen LogP contribution in [0.1, 0.15) is 5.56 Å². The van der Waals surface area contributed by atoms with Gasteiger partial charge in [0.15, 0.2) is 0 Å². The molecule has 0 aromatic heterocycles. The highest BCUT2D eigenvalue weighted by Gasteiger charge is 2.11. The van der Waals surface area contributed by atoms with Crippen LogP contribution >= 0.6 is 15.9 Å². The molecule has 0 heterocycles. The summed E-state index contributed by atoms with van der Waals surface area (Å²) in [5.74, 6) is 0.137. The van der Waals surface area contributed by atoms with Gasteiger partial charge in [-0.05, 0) is 54.1 Å². The zero-order valence-electron chi connectivity index (χ0n) is 10.2. The highest BCUT2D eigenvalue weighted by molar-refractivity contribution is 9.10. The lowest BCUT2D eigenvalue weighted by molar-refractivity contribution is 0.475. The number of hydrazone groups is 1. The number of hydrogen-bond acceptors (Lipinski definition) is 4. The Morgan fingerprint density at radius 1 is 1.05 bits per heavy atom. The summed E-state index contributed by atoms with van der Waals surface area (Å²) in [6.07, 6.45) is 1.36. The number of phenols is 1. The molecule has 5 nitrogen and oxygen atoms in total. The fraction of sp³-hybridized carbons (Fsp3) is 0. The molecular formula is C13H11BrN2O3S. The third-order valence-corrected chi connectivity index (χ3v) is 4.17. The molecule has 7 heteroatoms. The molecule has 0 aliphatic carbocycles. The molecular weight excluding hydrogens is 344 g/mol. The van der Waals surface area contributed by atoms with Crippen LogP contribution < -0.4 is 4.83 Å². The van der Waals surface area contributed by atoms with Gasteiger partial charge in [0.1, 0.15) is 5.75 Å². The van der Waals surface area contributed by atoms with Gasteiger partial charge in [0.05, 0.1) is 11.1 Å². The molecule has 0 saturated carbocycles.